The molecule has 2 aliphatic rings. The van der Waals surface area contributed by atoms with Crippen molar-refractivity contribution in [3.63, 3.8) is 0 Å². The van der Waals surface area contributed by atoms with Crippen LogP contribution >= 0.6 is 0 Å². The molecular formula is C17H33NO. The molecule has 0 aromatic heterocycles. The Labute approximate surface area is 119 Å². The molecule has 19 heavy (non-hydrogen) atoms. The van der Waals surface area contributed by atoms with Gasteiger partial charge in [-0.05, 0) is 45.1 Å². The Hall–Kier alpha value is -0.0800. The molecule has 0 bridgehead atoms. The molecule has 0 aromatic carbocycles. The molecule has 2 nitrogen and oxygen atoms in total. The van der Waals surface area contributed by atoms with Crippen molar-refractivity contribution in [2.45, 2.75) is 83.3 Å². The van der Waals surface area contributed by atoms with E-state index in [1.165, 1.54) is 57.8 Å². The summed E-state index contributed by atoms with van der Waals surface area (Å²) in [6, 6.07) is 0.570. The smallest absolute Gasteiger partial charge is 0.0837 e. The Morgan fingerprint density at radius 3 is 2.37 bits per heavy atom. The second kappa shape index (κ2) is 7.08. The molecule has 0 heterocycles. The number of likely N-dealkylation sites (N-methyl/N-ethyl adjacent to an activating group) is 1. The van der Waals surface area contributed by atoms with Crippen LogP contribution in [0.15, 0.2) is 0 Å². The van der Waals surface area contributed by atoms with Gasteiger partial charge in [0.2, 0.25) is 0 Å². The van der Waals surface area contributed by atoms with Crippen molar-refractivity contribution < 1.29 is 4.74 Å². The number of ether oxygens (including phenoxy) is 1. The maximum absolute atomic E-state index is 6.33. The molecule has 2 saturated carbocycles. The van der Waals surface area contributed by atoms with Gasteiger partial charge in [0.1, 0.15) is 0 Å². The first-order chi connectivity index (χ1) is 9.27. The van der Waals surface area contributed by atoms with Crippen LogP contribution in [-0.2, 0) is 4.74 Å². The minimum Gasteiger partial charge on any atom is -0.374 e. The van der Waals surface area contributed by atoms with Crippen molar-refractivity contribution in [1.82, 2.24) is 5.32 Å². The fourth-order valence-corrected chi connectivity index (χ4v) is 4.86. The maximum Gasteiger partial charge on any atom is 0.0837 e. The lowest BCUT2D eigenvalue weighted by Crippen LogP contribution is -2.56. The van der Waals surface area contributed by atoms with Crippen molar-refractivity contribution in [2.75, 3.05) is 13.7 Å². The lowest BCUT2D eigenvalue weighted by atomic mass is 9.69. The van der Waals surface area contributed by atoms with Crippen LogP contribution in [0.2, 0.25) is 0 Å². The Morgan fingerprint density at radius 2 is 1.79 bits per heavy atom. The number of rotatable bonds is 6. The molecule has 0 aliphatic heterocycles. The van der Waals surface area contributed by atoms with E-state index < -0.39 is 0 Å². The molecule has 3 atom stereocenters. The van der Waals surface area contributed by atoms with E-state index in [4.69, 9.17) is 4.74 Å². The molecule has 2 fully saturated rings. The number of hydrogen-bond acceptors (Lipinski definition) is 2. The van der Waals surface area contributed by atoms with E-state index >= 15 is 0 Å². The van der Waals surface area contributed by atoms with Crippen molar-refractivity contribution in [1.29, 1.82) is 0 Å². The zero-order valence-electron chi connectivity index (χ0n) is 13.2. The van der Waals surface area contributed by atoms with E-state index in [0.717, 1.165) is 18.4 Å². The van der Waals surface area contributed by atoms with Gasteiger partial charge in [0, 0.05) is 12.6 Å². The van der Waals surface area contributed by atoms with Crippen LogP contribution in [-0.4, -0.2) is 25.3 Å². The molecule has 2 aliphatic carbocycles. The summed E-state index contributed by atoms with van der Waals surface area (Å²) in [6.45, 7) is 5.39. The Bertz CT molecular complexity index is 260. The van der Waals surface area contributed by atoms with Crippen LogP contribution < -0.4 is 5.32 Å². The third kappa shape index (κ3) is 3.16. The maximum atomic E-state index is 6.33. The zero-order valence-corrected chi connectivity index (χ0v) is 13.2. The molecule has 112 valence electrons. The summed E-state index contributed by atoms with van der Waals surface area (Å²) in [6.07, 6.45) is 12.3. The molecular weight excluding hydrogens is 234 g/mol. The Morgan fingerprint density at radius 1 is 1.11 bits per heavy atom. The van der Waals surface area contributed by atoms with Crippen molar-refractivity contribution in [3.8, 4) is 0 Å². The molecule has 2 rings (SSSR count). The van der Waals surface area contributed by atoms with Crippen LogP contribution in [0.1, 0.15) is 71.6 Å². The van der Waals surface area contributed by atoms with Crippen molar-refractivity contribution in [2.24, 2.45) is 11.8 Å². The third-order valence-corrected chi connectivity index (χ3v) is 5.68. The van der Waals surface area contributed by atoms with Gasteiger partial charge >= 0.3 is 0 Å². The van der Waals surface area contributed by atoms with Gasteiger partial charge in [0.25, 0.3) is 0 Å². The third-order valence-electron chi connectivity index (χ3n) is 5.68. The molecule has 0 spiro atoms. The molecule has 1 N–H and O–H groups in total. The van der Waals surface area contributed by atoms with Gasteiger partial charge in [-0.25, -0.2) is 0 Å². The van der Waals surface area contributed by atoms with Crippen LogP contribution in [0.25, 0.3) is 0 Å². The fraction of sp³-hybridized carbons (Fsp3) is 1.00. The van der Waals surface area contributed by atoms with Gasteiger partial charge in [-0.15, -0.1) is 0 Å². The van der Waals surface area contributed by atoms with Crippen molar-refractivity contribution in [3.05, 3.63) is 0 Å². The first-order valence-electron chi connectivity index (χ1n) is 8.58. The second-order valence-corrected chi connectivity index (χ2v) is 6.59. The second-order valence-electron chi connectivity index (χ2n) is 6.59. The highest BCUT2D eigenvalue weighted by Gasteiger charge is 2.46. The Balaban J connectivity index is 2.16. The van der Waals surface area contributed by atoms with Crippen LogP contribution in [0, 0.1) is 11.8 Å². The molecule has 0 saturated heterocycles. The van der Waals surface area contributed by atoms with E-state index in [0.29, 0.717) is 6.04 Å². The molecule has 0 aromatic rings. The van der Waals surface area contributed by atoms with Gasteiger partial charge in [0.05, 0.1) is 5.60 Å². The minimum atomic E-state index is 0.138. The predicted octanol–water partition coefficient (Wildman–Crippen LogP) is 4.14. The SMILES string of the molecule is CCOC1(C(NC)C2CCCCC2CC)CCCC1. The van der Waals surface area contributed by atoms with Gasteiger partial charge in [0.15, 0.2) is 0 Å². The first kappa shape index (κ1) is 15.3. The number of hydrogen-bond donors (Lipinski definition) is 1. The van der Waals surface area contributed by atoms with Gasteiger partial charge < -0.3 is 10.1 Å². The van der Waals surface area contributed by atoms with E-state index in [2.05, 4.69) is 26.2 Å². The lowest BCUT2D eigenvalue weighted by Gasteiger charge is -2.46. The monoisotopic (exact) mass is 267 g/mol. The summed E-state index contributed by atoms with van der Waals surface area (Å²) >= 11 is 0. The summed E-state index contributed by atoms with van der Waals surface area (Å²) in [5.41, 5.74) is 0.138. The van der Waals surface area contributed by atoms with Gasteiger partial charge in [-0.1, -0.05) is 45.4 Å². The molecule has 2 heteroatoms. The fourth-order valence-electron chi connectivity index (χ4n) is 4.86. The molecule has 0 amide bonds. The van der Waals surface area contributed by atoms with E-state index in [-0.39, 0.29) is 5.60 Å². The highest BCUT2D eigenvalue weighted by atomic mass is 16.5. The summed E-state index contributed by atoms with van der Waals surface area (Å²) in [4.78, 5) is 0. The van der Waals surface area contributed by atoms with E-state index in [1.54, 1.807) is 0 Å². The Kier molecular flexibility index (Phi) is 5.70. The predicted molar refractivity (Wildman–Crippen MR) is 81.4 cm³/mol. The normalized spacial score (nSPS) is 32.4. The van der Waals surface area contributed by atoms with Gasteiger partial charge in [-0.2, -0.15) is 0 Å². The topological polar surface area (TPSA) is 21.3 Å². The quantitative estimate of drug-likeness (QED) is 0.781. The highest BCUT2D eigenvalue weighted by molar-refractivity contribution is 5.01. The summed E-state index contributed by atoms with van der Waals surface area (Å²) in [5, 5.41) is 3.68. The molecule has 3 unspecified atom stereocenters. The highest BCUT2D eigenvalue weighted by Crippen LogP contribution is 2.44. The van der Waals surface area contributed by atoms with Crippen LogP contribution in [0.5, 0.6) is 0 Å². The standard InChI is InChI=1S/C17H33NO/c1-4-14-10-6-7-11-15(14)16(18-3)17(19-5-2)12-8-9-13-17/h14-16,18H,4-13H2,1-3H3. The molecule has 0 radical (unpaired) electrons. The lowest BCUT2D eigenvalue weighted by molar-refractivity contribution is -0.0844. The average Bonchev–Trinajstić information content (AvgIpc) is 2.90. The van der Waals surface area contributed by atoms with E-state index in [9.17, 15) is 0 Å². The van der Waals surface area contributed by atoms with Crippen molar-refractivity contribution >= 4 is 0 Å². The van der Waals surface area contributed by atoms with Gasteiger partial charge in [-0.3, -0.25) is 0 Å². The minimum absolute atomic E-state index is 0.138. The van der Waals surface area contributed by atoms with E-state index in [1.807, 2.05) is 0 Å². The zero-order chi connectivity index (χ0) is 13.7. The first-order valence-corrected chi connectivity index (χ1v) is 8.58. The summed E-state index contributed by atoms with van der Waals surface area (Å²) in [7, 11) is 2.16. The number of nitrogens with one attached hydrogen (secondary N) is 1. The summed E-state index contributed by atoms with van der Waals surface area (Å²) in [5.74, 6) is 1.73. The largest absolute Gasteiger partial charge is 0.374 e. The van der Waals surface area contributed by atoms with Crippen LogP contribution in [0.4, 0.5) is 0 Å². The average molecular weight is 267 g/mol. The summed E-state index contributed by atoms with van der Waals surface area (Å²) < 4.78 is 6.33. The van der Waals surface area contributed by atoms with Crippen LogP contribution in [0.3, 0.4) is 0 Å².